The van der Waals surface area contributed by atoms with Crippen LogP contribution in [0.1, 0.15) is 0 Å². The number of aromatic nitrogens is 1. The Balaban J connectivity index is 2.60. The van der Waals surface area contributed by atoms with Crippen molar-refractivity contribution in [3.05, 3.63) is 30.3 Å². The number of aryl methyl sites for hydroxylation is 1. The average Bonchev–Trinajstić information content (AvgIpc) is 2.67. The summed E-state index contributed by atoms with van der Waals surface area (Å²) in [5.74, 6) is 0.726. The molecule has 2 heterocycles. The van der Waals surface area contributed by atoms with E-state index in [-0.39, 0.29) is 0 Å². The molecule has 0 spiro atoms. The van der Waals surface area contributed by atoms with E-state index in [9.17, 15) is 0 Å². The van der Waals surface area contributed by atoms with Gasteiger partial charge < -0.3 is 14.7 Å². The van der Waals surface area contributed by atoms with E-state index in [4.69, 9.17) is 10.2 Å². The number of nitrogens with two attached hydrogens (primary N) is 1. The monoisotopic (exact) mass is 186 g/mol. The molecule has 0 atom stereocenters. The second-order valence-electron chi connectivity index (χ2n) is 3.45. The predicted octanol–water partition coefficient (Wildman–Crippen LogP) is 2.51. The molecular weight excluding hydrogens is 176 g/mol. The first-order valence-electron chi connectivity index (χ1n) is 4.50. The van der Waals surface area contributed by atoms with Crippen LogP contribution < -0.4 is 5.73 Å². The van der Waals surface area contributed by atoms with Crippen LogP contribution in [0.3, 0.4) is 0 Å². The van der Waals surface area contributed by atoms with Crippen LogP contribution in [-0.2, 0) is 7.05 Å². The summed E-state index contributed by atoms with van der Waals surface area (Å²) in [6.45, 7) is 0. The summed E-state index contributed by atoms with van der Waals surface area (Å²) in [6, 6.07) is 9.92. The third-order valence-corrected chi connectivity index (χ3v) is 2.60. The number of rotatable bonds is 0. The Labute approximate surface area is 80.7 Å². The number of hydrogen-bond acceptors (Lipinski definition) is 2. The molecule has 0 aliphatic heterocycles. The minimum absolute atomic E-state index is 0.726. The van der Waals surface area contributed by atoms with Gasteiger partial charge in [-0.3, -0.25) is 0 Å². The van der Waals surface area contributed by atoms with Gasteiger partial charge in [-0.25, -0.2) is 0 Å². The Morgan fingerprint density at radius 3 is 2.86 bits per heavy atom. The molecule has 0 unspecified atom stereocenters. The second kappa shape index (κ2) is 2.32. The highest BCUT2D eigenvalue weighted by molar-refractivity contribution is 6.05. The van der Waals surface area contributed by atoms with Crippen molar-refractivity contribution in [1.82, 2.24) is 4.57 Å². The fraction of sp³-hybridized carbons (Fsp3) is 0.0909. The number of fused-ring (bicyclic) bond motifs is 3. The Bertz CT molecular complexity index is 619. The van der Waals surface area contributed by atoms with Crippen molar-refractivity contribution in [3.8, 4) is 0 Å². The van der Waals surface area contributed by atoms with Gasteiger partial charge in [-0.2, -0.15) is 0 Å². The number of nitrogens with zero attached hydrogens (tertiary/aromatic N) is 1. The largest absolute Gasteiger partial charge is 0.439 e. The Morgan fingerprint density at radius 1 is 1.21 bits per heavy atom. The van der Waals surface area contributed by atoms with Crippen molar-refractivity contribution in [2.24, 2.45) is 7.05 Å². The summed E-state index contributed by atoms with van der Waals surface area (Å²) >= 11 is 0. The summed E-state index contributed by atoms with van der Waals surface area (Å²) in [5.41, 5.74) is 7.54. The molecule has 14 heavy (non-hydrogen) atoms. The van der Waals surface area contributed by atoms with Gasteiger partial charge in [0.15, 0.2) is 0 Å². The number of para-hydroxylation sites is 1. The quantitative estimate of drug-likeness (QED) is 0.586. The standard InChI is InChI=1S/C11H10N2O/c1-13-10(12)6-8-7-4-2-3-5-9(7)14-11(8)13/h2-6H,12H2,1H3. The van der Waals surface area contributed by atoms with Crippen molar-refractivity contribution in [1.29, 1.82) is 0 Å². The lowest BCUT2D eigenvalue weighted by Gasteiger charge is -1.93. The van der Waals surface area contributed by atoms with E-state index >= 15 is 0 Å². The zero-order valence-electron chi connectivity index (χ0n) is 7.82. The highest BCUT2D eigenvalue weighted by Crippen LogP contribution is 2.31. The minimum atomic E-state index is 0.726. The van der Waals surface area contributed by atoms with Gasteiger partial charge in [0.2, 0.25) is 5.71 Å². The predicted molar refractivity (Wildman–Crippen MR) is 57.1 cm³/mol. The van der Waals surface area contributed by atoms with Crippen LogP contribution in [0.4, 0.5) is 5.82 Å². The normalized spacial score (nSPS) is 11.5. The molecule has 2 aromatic heterocycles. The zero-order valence-corrected chi connectivity index (χ0v) is 7.82. The Morgan fingerprint density at radius 2 is 2.00 bits per heavy atom. The molecule has 0 radical (unpaired) electrons. The van der Waals surface area contributed by atoms with Gasteiger partial charge in [-0.1, -0.05) is 18.2 Å². The summed E-state index contributed by atoms with van der Waals surface area (Å²) in [7, 11) is 1.90. The van der Waals surface area contributed by atoms with Crippen molar-refractivity contribution >= 4 is 27.9 Å². The molecule has 70 valence electrons. The summed E-state index contributed by atoms with van der Waals surface area (Å²) in [6.07, 6.45) is 0. The fourth-order valence-corrected chi connectivity index (χ4v) is 1.80. The lowest BCUT2D eigenvalue weighted by molar-refractivity contribution is 0.632. The lowest BCUT2D eigenvalue weighted by Crippen LogP contribution is -1.93. The van der Waals surface area contributed by atoms with Crippen LogP contribution in [0.2, 0.25) is 0 Å². The molecule has 2 N–H and O–H groups in total. The molecule has 3 nitrogen and oxygen atoms in total. The van der Waals surface area contributed by atoms with Crippen LogP contribution >= 0.6 is 0 Å². The van der Waals surface area contributed by atoms with Crippen molar-refractivity contribution in [2.75, 3.05) is 5.73 Å². The maximum absolute atomic E-state index is 5.79. The van der Waals surface area contributed by atoms with Crippen LogP contribution in [0.25, 0.3) is 22.1 Å². The number of anilines is 1. The van der Waals surface area contributed by atoms with E-state index in [0.29, 0.717) is 0 Å². The van der Waals surface area contributed by atoms with Gasteiger partial charge in [0.1, 0.15) is 11.4 Å². The second-order valence-corrected chi connectivity index (χ2v) is 3.45. The first-order valence-corrected chi connectivity index (χ1v) is 4.50. The highest BCUT2D eigenvalue weighted by Gasteiger charge is 2.11. The molecule has 3 rings (SSSR count). The van der Waals surface area contributed by atoms with E-state index in [0.717, 1.165) is 27.9 Å². The molecule has 0 aliphatic rings. The van der Waals surface area contributed by atoms with E-state index in [1.807, 2.05) is 41.9 Å². The fourth-order valence-electron chi connectivity index (χ4n) is 1.80. The van der Waals surface area contributed by atoms with Crippen LogP contribution in [0.5, 0.6) is 0 Å². The summed E-state index contributed by atoms with van der Waals surface area (Å²) in [5, 5.41) is 2.20. The molecule has 0 bridgehead atoms. The minimum Gasteiger partial charge on any atom is -0.439 e. The van der Waals surface area contributed by atoms with Gasteiger partial charge >= 0.3 is 0 Å². The summed E-state index contributed by atoms with van der Waals surface area (Å²) < 4.78 is 7.54. The van der Waals surface area contributed by atoms with Crippen molar-refractivity contribution in [2.45, 2.75) is 0 Å². The van der Waals surface area contributed by atoms with Gasteiger partial charge in [-0.15, -0.1) is 0 Å². The van der Waals surface area contributed by atoms with E-state index < -0.39 is 0 Å². The lowest BCUT2D eigenvalue weighted by atomic mass is 10.2. The van der Waals surface area contributed by atoms with E-state index in [1.54, 1.807) is 0 Å². The molecule has 3 heteroatoms. The molecule has 0 amide bonds. The third-order valence-electron chi connectivity index (χ3n) is 2.60. The van der Waals surface area contributed by atoms with E-state index in [2.05, 4.69) is 0 Å². The molecule has 0 saturated heterocycles. The van der Waals surface area contributed by atoms with Crippen LogP contribution in [0.15, 0.2) is 34.7 Å². The third kappa shape index (κ3) is 0.763. The van der Waals surface area contributed by atoms with Crippen LogP contribution in [-0.4, -0.2) is 4.57 Å². The van der Waals surface area contributed by atoms with Crippen LogP contribution in [0, 0.1) is 0 Å². The molecule has 3 aromatic rings. The highest BCUT2D eigenvalue weighted by atomic mass is 16.3. The average molecular weight is 186 g/mol. The topological polar surface area (TPSA) is 44.1 Å². The van der Waals surface area contributed by atoms with Crippen molar-refractivity contribution < 1.29 is 4.42 Å². The number of hydrogen-bond donors (Lipinski definition) is 1. The van der Waals surface area contributed by atoms with Gasteiger partial charge in [0.05, 0.1) is 0 Å². The maximum atomic E-state index is 5.79. The SMILES string of the molecule is Cn1c(N)cc2c3ccccc3oc21. The molecule has 0 saturated carbocycles. The molecular formula is C11H10N2O. The zero-order chi connectivity index (χ0) is 9.71. The smallest absolute Gasteiger partial charge is 0.209 e. The number of nitrogen functional groups attached to an aromatic ring is 1. The van der Waals surface area contributed by atoms with Crippen molar-refractivity contribution in [3.63, 3.8) is 0 Å². The van der Waals surface area contributed by atoms with Gasteiger partial charge in [0, 0.05) is 17.8 Å². The van der Waals surface area contributed by atoms with Gasteiger partial charge in [0.25, 0.3) is 0 Å². The van der Waals surface area contributed by atoms with Gasteiger partial charge in [-0.05, 0) is 12.1 Å². The Hall–Kier alpha value is -1.90. The maximum Gasteiger partial charge on any atom is 0.209 e. The Kier molecular flexibility index (Phi) is 1.24. The first kappa shape index (κ1) is 7.50. The summed E-state index contributed by atoms with van der Waals surface area (Å²) in [4.78, 5) is 0. The molecule has 1 aromatic carbocycles. The van der Waals surface area contributed by atoms with E-state index in [1.165, 1.54) is 0 Å². The number of furan rings is 1. The first-order chi connectivity index (χ1) is 6.77. The number of benzene rings is 1. The molecule has 0 fully saturated rings. The molecule has 0 aliphatic carbocycles.